The smallest absolute Gasteiger partial charge is 0.411 e. The van der Waals surface area contributed by atoms with E-state index in [0.29, 0.717) is 11.4 Å². The first-order valence-electron chi connectivity index (χ1n) is 9.66. The molecule has 26 heavy (non-hydrogen) atoms. The van der Waals surface area contributed by atoms with Gasteiger partial charge in [-0.25, -0.2) is 9.59 Å². The molecule has 0 bridgehead atoms. The molecule has 0 atom stereocenters. The van der Waals surface area contributed by atoms with Gasteiger partial charge in [0.15, 0.2) is 0 Å². The molecule has 1 aromatic rings. The van der Waals surface area contributed by atoms with Gasteiger partial charge in [-0.2, -0.15) is 0 Å². The van der Waals surface area contributed by atoms with E-state index in [-0.39, 0.29) is 12.2 Å². The fraction of sp³-hybridized carbons (Fsp3) is 0.600. The SMILES string of the molecule is Cc1ccc(NC(=O)OC2CCCCC2)cc1NC(=O)OC1CCCC1. The second kappa shape index (κ2) is 8.92. The monoisotopic (exact) mass is 360 g/mol. The van der Waals surface area contributed by atoms with Gasteiger partial charge >= 0.3 is 12.2 Å². The number of carbonyl (C=O) groups is 2. The quantitative estimate of drug-likeness (QED) is 0.757. The van der Waals surface area contributed by atoms with E-state index in [2.05, 4.69) is 10.6 Å². The van der Waals surface area contributed by atoms with E-state index < -0.39 is 12.2 Å². The van der Waals surface area contributed by atoms with Crippen LogP contribution >= 0.6 is 0 Å². The summed E-state index contributed by atoms with van der Waals surface area (Å²) in [5.74, 6) is 0. The topological polar surface area (TPSA) is 76.7 Å². The molecule has 2 N–H and O–H groups in total. The van der Waals surface area contributed by atoms with Gasteiger partial charge in [0.2, 0.25) is 0 Å². The molecule has 2 aliphatic rings. The van der Waals surface area contributed by atoms with E-state index in [1.807, 2.05) is 13.0 Å². The summed E-state index contributed by atoms with van der Waals surface area (Å²) in [7, 11) is 0. The second-order valence-electron chi connectivity index (χ2n) is 7.26. The number of amides is 2. The summed E-state index contributed by atoms with van der Waals surface area (Å²) in [6.07, 6.45) is 8.52. The average molecular weight is 360 g/mol. The van der Waals surface area contributed by atoms with Crippen molar-refractivity contribution in [2.75, 3.05) is 10.6 Å². The fourth-order valence-electron chi connectivity index (χ4n) is 3.61. The van der Waals surface area contributed by atoms with Crippen LogP contribution in [0.1, 0.15) is 63.4 Å². The van der Waals surface area contributed by atoms with Crippen molar-refractivity contribution in [3.05, 3.63) is 23.8 Å². The maximum Gasteiger partial charge on any atom is 0.411 e. The van der Waals surface area contributed by atoms with E-state index in [0.717, 1.165) is 56.9 Å². The van der Waals surface area contributed by atoms with Crippen molar-refractivity contribution in [2.24, 2.45) is 0 Å². The Morgan fingerprint density at radius 2 is 1.38 bits per heavy atom. The van der Waals surface area contributed by atoms with Crippen LogP contribution in [0.15, 0.2) is 18.2 Å². The summed E-state index contributed by atoms with van der Waals surface area (Å²) in [6, 6.07) is 5.37. The minimum absolute atomic E-state index is 0.00758. The number of rotatable bonds is 4. The van der Waals surface area contributed by atoms with Crippen LogP contribution in [0.5, 0.6) is 0 Å². The summed E-state index contributed by atoms with van der Waals surface area (Å²) >= 11 is 0. The lowest BCUT2D eigenvalue weighted by Gasteiger charge is -2.22. The Kier molecular flexibility index (Phi) is 6.36. The van der Waals surface area contributed by atoms with Gasteiger partial charge in [0.1, 0.15) is 12.2 Å². The van der Waals surface area contributed by atoms with Gasteiger partial charge in [-0.05, 0) is 76.0 Å². The predicted octanol–water partition coefficient (Wildman–Crippen LogP) is 5.37. The molecule has 142 valence electrons. The number of benzene rings is 1. The van der Waals surface area contributed by atoms with Crippen LogP contribution in [-0.2, 0) is 9.47 Å². The van der Waals surface area contributed by atoms with E-state index in [4.69, 9.17) is 9.47 Å². The zero-order chi connectivity index (χ0) is 18.4. The largest absolute Gasteiger partial charge is 0.446 e. The highest BCUT2D eigenvalue weighted by Gasteiger charge is 2.20. The standard InChI is InChI=1S/C20H28N2O4/c1-14-11-12-15(21-19(23)25-16-7-3-2-4-8-16)13-18(14)22-20(24)26-17-9-5-6-10-17/h11-13,16-17H,2-10H2,1H3,(H,21,23)(H,22,24). The predicted molar refractivity (Wildman–Crippen MR) is 101 cm³/mol. The molecule has 0 aliphatic heterocycles. The molecule has 2 fully saturated rings. The van der Waals surface area contributed by atoms with Crippen molar-refractivity contribution < 1.29 is 19.1 Å². The van der Waals surface area contributed by atoms with E-state index >= 15 is 0 Å². The normalized spacial score (nSPS) is 18.3. The van der Waals surface area contributed by atoms with Crippen LogP contribution in [0.2, 0.25) is 0 Å². The maximum absolute atomic E-state index is 12.1. The molecule has 0 unspecified atom stereocenters. The minimum atomic E-state index is -0.444. The van der Waals surface area contributed by atoms with Gasteiger partial charge in [-0.1, -0.05) is 12.5 Å². The van der Waals surface area contributed by atoms with Crippen molar-refractivity contribution in [1.82, 2.24) is 0 Å². The number of carbonyl (C=O) groups excluding carboxylic acids is 2. The Morgan fingerprint density at radius 3 is 2.00 bits per heavy atom. The Hall–Kier alpha value is -2.24. The van der Waals surface area contributed by atoms with E-state index in [1.54, 1.807) is 12.1 Å². The zero-order valence-corrected chi connectivity index (χ0v) is 15.4. The van der Waals surface area contributed by atoms with Gasteiger partial charge in [0.05, 0.1) is 0 Å². The number of hydrogen-bond acceptors (Lipinski definition) is 4. The van der Waals surface area contributed by atoms with Gasteiger partial charge in [-0.15, -0.1) is 0 Å². The molecule has 6 heteroatoms. The molecular formula is C20H28N2O4. The third kappa shape index (κ3) is 5.38. The molecule has 0 radical (unpaired) electrons. The van der Waals surface area contributed by atoms with Gasteiger partial charge in [-0.3, -0.25) is 10.6 Å². The summed E-state index contributed by atoms with van der Waals surface area (Å²) in [5.41, 5.74) is 2.12. The minimum Gasteiger partial charge on any atom is -0.446 e. The van der Waals surface area contributed by atoms with Crippen LogP contribution in [-0.4, -0.2) is 24.4 Å². The summed E-state index contributed by atoms with van der Waals surface area (Å²) in [6.45, 7) is 1.90. The molecular weight excluding hydrogens is 332 g/mol. The second-order valence-corrected chi connectivity index (χ2v) is 7.26. The third-order valence-electron chi connectivity index (χ3n) is 5.12. The fourth-order valence-corrected chi connectivity index (χ4v) is 3.61. The lowest BCUT2D eigenvalue weighted by molar-refractivity contribution is 0.0865. The first kappa shape index (κ1) is 18.5. The molecule has 0 spiro atoms. The number of anilines is 2. The Morgan fingerprint density at radius 1 is 0.846 bits per heavy atom. The molecule has 1 aromatic carbocycles. The number of nitrogens with one attached hydrogen (secondary N) is 2. The first-order chi connectivity index (χ1) is 12.6. The molecule has 0 saturated heterocycles. The lowest BCUT2D eigenvalue weighted by atomic mass is 9.98. The Balaban J connectivity index is 1.54. The molecule has 2 amide bonds. The summed E-state index contributed by atoms with van der Waals surface area (Å²) in [4.78, 5) is 24.2. The highest BCUT2D eigenvalue weighted by molar-refractivity contribution is 5.89. The Labute approximate surface area is 154 Å². The van der Waals surface area contributed by atoms with Crippen LogP contribution in [0.4, 0.5) is 21.0 Å². The molecule has 0 aromatic heterocycles. The zero-order valence-electron chi connectivity index (χ0n) is 15.4. The van der Waals surface area contributed by atoms with Crippen molar-refractivity contribution in [3.63, 3.8) is 0 Å². The van der Waals surface area contributed by atoms with Crippen molar-refractivity contribution >= 4 is 23.6 Å². The average Bonchev–Trinajstić information content (AvgIpc) is 3.11. The molecule has 6 nitrogen and oxygen atoms in total. The van der Waals surface area contributed by atoms with Crippen LogP contribution in [0.3, 0.4) is 0 Å². The molecule has 2 aliphatic carbocycles. The van der Waals surface area contributed by atoms with Crippen LogP contribution < -0.4 is 10.6 Å². The van der Waals surface area contributed by atoms with Crippen LogP contribution in [0.25, 0.3) is 0 Å². The van der Waals surface area contributed by atoms with E-state index in [9.17, 15) is 9.59 Å². The molecule has 0 heterocycles. The number of aryl methyl sites for hydroxylation is 1. The highest BCUT2D eigenvalue weighted by atomic mass is 16.6. The third-order valence-corrected chi connectivity index (χ3v) is 5.12. The van der Waals surface area contributed by atoms with Gasteiger partial charge in [0, 0.05) is 11.4 Å². The van der Waals surface area contributed by atoms with Crippen molar-refractivity contribution in [3.8, 4) is 0 Å². The molecule has 2 saturated carbocycles. The summed E-state index contributed by atoms with van der Waals surface area (Å²) < 4.78 is 10.9. The van der Waals surface area contributed by atoms with Crippen molar-refractivity contribution in [2.45, 2.75) is 76.9 Å². The van der Waals surface area contributed by atoms with Gasteiger partial charge in [0.25, 0.3) is 0 Å². The van der Waals surface area contributed by atoms with Crippen molar-refractivity contribution in [1.29, 1.82) is 0 Å². The van der Waals surface area contributed by atoms with E-state index in [1.165, 1.54) is 6.42 Å². The molecule has 3 rings (SSSR count). The maximum atomic E-state index is 12.1. The lowest BCUT2D eigenvalue weighted by Crippen LogP contribution is -2.24. The Bertz CT molecular complexity index is 635. The summed E-state index contributed by atoms with van der Waals surface area (Å²) in [5, 5.41) is 5.53. The first-order valence-corrected chi connectivity index (χ1v) is 9.66. The van der Waals surface area contributed by atoms with Crippen LogP contribution in [0, 0.1) is 6.92 Å². The highest BCUT2D eigenvalue weighted by Crippen LogP contribution is 2.25. The van der Waals surface area contributed by atoms with Gasteiger partial charge < -0.3 is 9.47 Å². The number of ether oxygens (including phenoxy) is 2. The number of hydrogen-bond donors (Lipinski definition) is 2.